The maximum atomic E-state index is 14.8. The molecule has 8 nitrogen and oxygen atoms in total. The van der Waals surface area contributed by atoms with Crippen LogP contribution in [0.2, 0.25) is 0 Å². The highest BCUT2D eigenvalue weighted by molar-refractivity contribution is 5.98. The summed E-state index contributed by atoms with van der Waals surface area (Å²) < 4.78 is 6.55. The lowest BCUT2D eigenvalue weighted by Crippen LogP contribution is -2.61. The number of carboxylic acids is 1. The van der Waals surface area contributed by atoms with Crippen LogP contribution in [0, 0.1) is 17.3 Å². The Morgan fingerprint density at radius 3 is 2.37 bits per heavy atom. The fraction of sp³-hybridized carbons (Fsp3) is 0.633. The van der Waals surface area contributed by atoms with Gasteiger partial charge in [0.15, 0.2) is 0 Å². The quantitative estimate of drug-likeness (QED) is 0.474. The molecule has 2 N–H and O–H groups in total. The number of hydrogen-bond donors (Lipinski definition) is 2. The predicted octanol–water partition coefficient (Wildman–Crippen LogP) is 3.80. The number of aliphatic hydroxyl groups is 1. The van der Waals surface area contributed by atoms with Crippen molar-refractivity contribution >= 4 is 17.8 Å². The van der Waals surface area contributed by atoms with Crippen LogP contribution < -0.4 is 0 Å². The molecule has 0 radical (unpaired) electrons. The second kappa shape index (κ2) is 9.49. The minimum absolute atomic E-state index is 0.0862. The van der Waals surface area contributed by atoms with E-state index in [9.17, 15) is 24.6 Å². The van der Waals surface area contributed by atoms with Gasteiger partial charge in [-0.05, 0) is 51.0 Å². The van der Waals surface area contributed by atoms with E-state index >= 15 is 0 Å². The van der Waals surface area contributed by atoms with E-state index < -0.39 is 59.1 Å². The Labute approximate surface area is 225 Å². The van der Waals surface area contributed by atoms with Crippen molar-refractivity contribution in [1.29, 1.82) is 0 Å². The summed E-state index contributed by atoms with van der Waals surface area (Å²) >= 11 is 0. The average Bonchev–Trinajstić information content (AvgIpc) is 3.38. The number of likely N-dealkylation sites (tertiary alicyclic amines) is 1. The van der Waals surface area contributed by atoms with Gasteiger partial charge in [0.2, 0.25) is 11.8 Å². The molecule has 0 aromatic heterocycles. The molecular formula is C30H42N2O6. The SMILES string of the molecule is C=CCN(C(=O)C1N([C@H](CO)c2ccccc2)C(=O)[C@@H]2[C@H](C(=O)O)[C@]3(C)CCC12O3)C(C)(C)CC(C)(C)C. The van der Waals surface area contributed by atoms with Gasteiger partial charge in [0.05, 0.1) is 30.1 Å². The molecule has 1 spiro atoms. The molecule has 8 heteroatoms. The predicted molar refractivity (Wildman–Crippen MR) is 143 cm³/mol. The van der Waals surface area contributed by atoms with Crippen molar-refractivity contribution in [2.24, 2.45) is 17.3 Å². The zero-order chi connectivity index (χ0) is 28.3. The molecule has 3 aliphatic heterocycles. The molecule has 0 saturated carbocycles. The summed E-state index contributed by atoms with van der Waals surface area (Å²) in [7, 11) is 0. The molecule has 3 fully saturated rings. The normalized spacial score (nSPS) is 31.3. The Hall–Kier alpha value is -2.71. The summed E-state index contributed by atoms with van der Waals surface area (Å²) in [6.07, 6.45) is 3.20. The molecule has 6 atom stereocenters. The second-order valence-electron chi connectivity index (χ2n) is 13.2. The number of aliphatic hydroxyl groups excluding tert-OH is 1. The molecule has 3 aliphatic rings. The van der Waals surface area contributed by atoms with Crippen LogP contribution in [-0.2, 0) is 19.1 Å². The summed E-state index contributed by atoms with van der Waals surface area (Å²) in [6.45, 7) is 15.8. The maximum Gasteiger partial charge on any atom is 0.310 e. The number of aliphatic carboxylic acids is 1. The minimum atomic E-state index is -1.29. The standard InChI is InChI=1S/C30H42N2O6/c1-8-16-31(28(5,6)18-27(2,3)4)25(35)23-30-15-14-29(7,38-30)22(26(36)37)21(30)24(34)32(23)20(17-33)19-12-10-9-11-13-19/h8-13,20-23,33H,1,14-18H2,2-7H3,(H,36,37)/t20-,21+,22-,23?,29+,30?/m1/s1. The lowest BCUT2D eigenvalue weighted by atomic mass is 9.66. The van der Waals surface area contributed by atoms with Crippen molar-refractivity contribution in [2.75, 3.05) is 13.2 Å². The topological polar surface area (TPSA) is 107 Å². The molecule has 38 heavy (non-hydrogen) atoms. The van der Waals surface area contributed by atoms with Crippen LogP contribution in [0.25, 0.3) is 0 Å². The number of rotatable bonds is 9. The van der Waals surface area contributed by atoms with Gasteiger partial charge in [0.1, 0.15) is 11.6 Å². The molecule has 0 aliphatic carbocycles. The van der Waals surface area contributed by atoms with Gasteiger partial charge in [0, 0.05) is 12.1 Å². The Morgan fingerprint density at radius 2 is 1.84 bits per heavy atom. The smallest absolute Gasteiger partial charge is 0.310 e. The van der Waals surface area contributed by atoms with E-state index in [1.807, 2.05) is 32.0 Å². The van der Waals surface area contributed by atoms with Crippen LogP contribution in [-0.4, -0.2) is 73.7 Å². The number of carboxylic acid groups (broad SMARTS) is 1. The number of amides is 2. The second-order valence-corrected chi connectivity index (χ2v) is 13.2. The van der Waals surface area contributed by atoms with E-state index in [2.05, 4.69) is 27.4 Å². The zero-order valence-electron chi connectivity index (χ0n) is 23.4. The number of carbonyl (C=O) groups is 3. The third kappa shape index (κ3) is 4.35. The van der Waals surface area contributed by atoms with Gasteiger partial charge in [-0.15, -0.1) is 6.58 Å². The molecule has 2 bridgehead atoms. The van der Waals surface area contributed by atoms with Gasteiger partial charge < -0.3 is 24.7 Å². The van der Waals surface area contributed by atoms with Gasteiger partial charge in [-0.3, -0.25) is 14.4 Å². The van der Waals surface area contributed by atoms with Crippen LogP contribution in [0.5, 0.6) is 0 Å². The van der Waals surface area contributed by atoms with E-state index in [-0.39, 0.29) is 17.9 Å². The number of benzene rings is 1. The first kappa shape index (κ1) is 28.3. The molecule has 2 unspecified atom stereocenters. The number of nitrogens with zero attached hydrogens (tertiary/aromatic N) is 2. The Morgan fingerprint density at radius 1 is 1.21 bits per heavy atom. The van der Waals surface area contributed by atoms with Gasteiger partial charge in [-0.1, -0.05) is 57.2 Å². The number of ether oxygens (including phenoxy) is 1. The first-order valence-corrected chi connectivity index (χ1v) is 13.5. The first-order chi connectivity index (χ1) is 17.6. The molecule has 1 aromatic carbocycles. The molecule has 208 valence electrons. The summed E-state index contributed by atoms with van der Waals surface area (Å²) in [4.78, 5) is 44.7. The maximum absolute atomic E-state index is 14.8. The van der Waals surface area contributed by atoms with E-state index in [1.165, 1.54) is 4.90 Å². The molecule has 2 amide bonds. The van der Waals surface area contributed by atoms with E-state index in [0.717, 1.165) is 0 Å². The number of carbonyl (C=O) groups excluding carboxylic acids is 2. The fourth-order valence-electron chi connectivity index (χ4n) is 7.69. The number of hydrogen-bond acceptors (Lipinski definition) is 5. The van der Waals surface area contributed by atoms with Crippen molar-refractivity contribution in [3.63, 3.8) is 0 Å². The Bertz CT molecular complexity index is 1110. The third-order valence-corrected chi connectivity index (χ3v) is 8.68. The van der Waals surface area contributed by atoms with Crippen LogP contribution in [0.1, 0.15) is 72.4 Å². The molecule has 4 rings (SSSR count). The Kier molecular flexibility index (Phi) is 7.07. The lowest BCUT2D eigenvalue weighted by molar-refractivity contribution is -0.161. The molecule has 3 saturated heterocycles. The minimum Gasteiger partial charge on any atom is -0.481 e. The summed E-state index contributed by atoms with van der Waals surface area (Å²) in [5.74, 6) is -3.94. The fourth-order valence-corrected chi connectivity index (χ4v) is 7.69. The monoisotopic (exact) mass is 526 g/mol. The average molecular weight is 527 g/mol. The first-order valence-electron chi connectivity index (χ1n) is 13.5. The molecular weight excluding hydrogens is 484 g/mol. The highest BCUT2D eigenvalue weighted by atomic mass is 16.5. The van der Waals surface area contributed by atoms with Crippen molar-refractivity contribution in [3.05, 3.63) is 48.6 Å². The van der Waals surface area contributed by atoms with Crippen LogP contribution >= 0.6 is 0 Å². The van der Waals surface area contributed by atoms with Crippen molar-refractivity contribution in [3.8, 4) is 0 Å². The van der Waals surface area contributed by atoms with Gasteiger partial charge in [-0.2, -0.15) is 0 Å². The summed E-state index contributed by atoms with van der Waals surface area (Å²) in [6, 6.07) is 7.18. The van der Waals surface area contributed by atoms with Crippen molar-refractivity contribution in [1.82, 2.24) is 9.80 Å². The number of fused-ring (bicyclic) bond motifs is 1. The highest BCUT2D eigenvalue weighted by Crippen LogP contribution is 2.64. The van der Waals surface area contributed by atoms with Crippen LogP contribution in [0.4, 0.5) is 0 Å². The molecule has 3 heterocycles. The zero-order valence-corrected chi connectivity index (χ0v) is 23.4. The van der Waals surface area contributed by atoms with Crippen molar-refractivity contribution in [2.45, 2.75) is 89.6 Å². The summed E-state index contributed by atoms with van der Waals surface area (Å²) in [5.41, 5.74) is -2.33. The lowest BCUT2D eigenvalue weighted by Gasteiger charge is -2.46. The highest BCUT2D eigenvalue weighted by Gasteiger charge is 2.79. The van der Waals surface area contributed by atoms with Gasteiger partial charge in [0.25, 0.3) is 0 Å². The molecule has 1 aromatic rings. The van der Waals surface area contributed by atoms with Gasteiger partial charge in [-0.25, -0.2) is 0 Å². The van der Waals surface area contributed by atoms with Crippen LogP contribution in [0.3, 0.4) is 0 Å². The van der Waals surface area contributed by atoms with E-state index in [4.69, 9.17) is 4.74 Å². The van der Waals surface area contributed by atoms with E-state index in [1.54, 1.807) is 30.0 Å². The largest absolute Gasteiger partial charge is 0.481 e. The van der Waals surface area contributed by atoms with Crippen molar-refractivity contribution < 1.29 is 29.3 Å². The van der Waals surface area contributed by atoms with Gasteiger partial charge >= 0.3 is 5.97 Å². The van der Waals surface area contributed by atoms with Crippen LogP contribution in [0.15, 0.2) is 43.0 Å². The summed E-state index contributed by atoms with van der Waals surface area (Å²) in [5, 5.41) is 20.8. The van der Waals surface area contributed by atoms with E-state index in [0.29, 0.717) is 24.8 Å². The third-order valence-electron chi connectivity index (χ3n) is 8.68. The Balaban J connectivity index is 1.89.